The molecule has 2 aromatic carbocycles. The van der Waals surface area contributed by atoms with Crippen molar-refractivity contribution >= 4 is 35.3 Å². The highest BCUT2D eigenvalue weighted by Crippen LogP contribution is 2.41. The molecule has 0 fully saturated rings. The predicted molar refractivity (Wildman–Crippen MR) is 133 cm³/mol. The van der Waals surface area contributed by atoms with Crippen molar-refractivity contribution < 1.29 is 28.6 Å². The average molecular weight is 501 g/mol. The lowest BCUT2D eigenvalue weighted by Crippen LogP contribution is -2.29. The Hall–Kier alpha value is -3.52. The molecular formula is C26H29ClN2O6. The first-order valence-electron chi connectivity index (χ1n) is 11.1. The first-order valence-corrected chi connectivity index (χ1v) is 11.5. The van der Waals surface area contributed by atoms with Crippen LogP contribution in [0.2, 0.25) is 5.02 Å². The molecule has 3 rings (SSSR count). The van der Waals surface area contributed by atoms with Gasteiger partial charge in [0.1, 0.15) is 18.1 Å². The van der Waals surface area contributed by atoms with E-state index in [4.69, 9.17) is 25.8 Å². The standard InChI is InChI=1S/C26H29ClN2O6/c1-15(11-13-21(30)35-20-9-7-6-8-19(20)27)10-12-17-23(28-26(32)29(3)4)22-18(14-34-25(22)31)16(2)24(17)33-5/h6-10H,11-14H2,1-5H3,(H,28,32)/b15-10+. The van der Waals surface area contributed by atoms with Crippen LogP contribution in [0.5, 0.6) is 11.5 Å². The fourth-order valence-corrected chi connectivity index (χ4v) is 3.96. The van der Waals surface area contributed by atoms with Gasteiger partial charge in [-0.15, -0.1) is 0 Å². The molecular weight excluding hydrogens is 472 g/mol. The number of methoxy groups -OCH3 is 1. The van der Waals surface area contributed by atoms with Crippen LogP contribution in [0.1, 0.15) is 46.8 Å². The van der Waals surface area contributed by atoms with Crippen LogP contribution < -0.4 is 14.8 Å². The van der Waals surface area contributed by atoms with E-state index in [1.54, 1.807) is 45.5 Å². The Morgan fingerprint density at radius 1 is 1.23 bits per heavy atom. The highest BCUT2D eigenvalue weighted by atomic mass is 35.5. The van der Waals surface area contributed by atoms with Crippen LogP contribution in [0, 0.1) is 6.92 Å². The number of halogens is 1. The number of carbonyl (C=O) groups is 3. The van der Waals surface area contributed by atoms with Gasteiger partial charge in [-0.05, 0) is 44.4 Å². The molecule has 186 valence electrons. The van der Waals surface area contributed by atoms with E-state index in [1.165, 1.54) is 4.90 Å². The maximum atomic E-state index is 12.5. The van der Waals surface area contributed by atoms with E-state index in [2.05, 4.69) is 5.32 Å². The topological polar surface area (TPSA) is 94.2 Å². The van der Waals surface area contributed by atoms with Gasteiger partial charge in [-0.3, -0.25) is 4.79 Å². The maximum absolute atomic E-state index is 12.5. The Morgan fingerprint density at radius 2 is 1.94 bits per heavy atom. The second kappa shape index (κ2) is 11.3. The molecule has 2 aromatic rings. The number of amides is 2. The third-order valence-electron chi connectivity index (χ3n) is 5.75. The smallest absolute Gasteiger partial charge is 0.341 e. The summed E-state index contributed by atoms with van der Waals surface area (Å²) in [6, 6.07) is 6.43. The number of fused-ring (bicyclic) bond motifs is 1. The minimum Gasteiger partial charge on any atom is -0.496 e. The molecule has 1 aliphatic heterocycles. The number of benzene rings is 2. The number of esters is 2. The molecule has 2 amide bonds. The van der Waals surface area contributed by atoms with Crippen LogP contribution in [0.4, 0.5) is 10.5 Å². The number of rotatable bonds is 8. The molecule has 0 radical (unpaired) electrons. The molecule has 1 heterocycles. The van der Waals surface area contributed by atoms with Crippen molar-refractivity contribution in [3.05, 3.63) is 63.2 Å². The summed E-state index contributed by atoms with van der Waals surface area (Å²) in [7, 11) is 4.78. The van der Waals surface area contributed by atoms with Crippen molar-refractivity contribution in [3.63, 3.8) is 0 Å². The van der Waals surface area contributed by atoms with Gasteiger partial charge in [-0.2, -0.15) is 0 Å². The number of nitrogens with zero attached hydrogens (tertiary/aromatic N) is 1. The van der Waals surface area contributed by atoms with E-state index < -0.39 is 11.9 Å². The molecule has 0 atom stereocenters. The number of allylic oxidation sites excluding steroid dienone is 2. The summed E-state index contributed by atoms with van der Waals surface area (Å²) in [4.78, 5) is 38.7. The van der Waals surface area contributed by atoms with E-state index >= 15 is 0 Å². The molecule has 35 heavy (non-hydrogen) atoms. The maximum Gasteiger partial charge on any atom is 0.341 e. The van der Waals surface area contributed by atoms with Crippen molar-refractivity contribution in [2.75, 3.05) is 26.5 Å². The lowest BCUT2D eigenvalue weighted by atomic mass is 9.93. The van der Waals surface area contributed by atoms with Gasteiger partial charge in [0.2, 0.25) is 0 Å². The van der Waals surface area contributed by atoms with Crippen molar-refractivity contribution in [1.29, 1.82) is 0 Å². The zero-order chi connectivity index (χ0) is 25.7. The van der Waals surface area contributed by atoms with E-state index in [9.17, 15) is 14.4 Å². The Labute approximate surface area is 209 Å². The summed E-state index contributed by atoms with van der Waals surface area (Å²) in [5, 5.41) is 3.21. The number of cyclic esters (lactones) is 1. The van der Waals surface area contributed by atoms with Gasteiger partial charge < -0.3 is 24.4 Å². The van der Waals surface area contributed by atoms with Crippen molar-refractivity contribution in [2.45, 2.75) is 39.7 Å². The molecule has 0 saturated carbocycles. The lowest BCUT2D eigenvalue weighted by molar-refractivity contribution is -0.134. The fraction of sp³-hybridized carbons (Fsp3) is 0.346. The Morgan fingerprint density at radius 3 is 2.60 bits per heavy atom. The number of anilines is 1. The van der Waals surface area contributed by atoms with E-state index in [-0.39, 0.29) is 19.1 Å². The molecule has 1 aliphatic rings. The predicted octanol–water partition coefficient (Wildman–Crippen LogP) is 5.30. The van der Waals surface area contributed by atoms with Crippen LogP contribution >= 0.6 is 11.6 Å². The van der Waals surface area contributed by atoms with Gasteiger partial charge in [0, 0.05) is 31.6 Å². The van der Waals surface area contributed by atoms with Gasteiger partial charge in [0.15, 0.2) is 0 Å². The highest BCUT2D eigenvalue weighted by molar-refractivity contribution is 6.32. The van der Waals surface area contributed by atoms with Crippen LogP contribution in [-0.4, -0.2) is 44.1 Å². The van der Waals surface area contributed by atoms with E-state index in [0.29, 0.717) is 51.7 Å². The first-order chi connectivity index (χ1) is 16.6. The molecule has 9 heteroatoms. The number of urea groups is 1. The third kappa shape index (κ3) is 5.95. The molecule has 8 nitrogen and oxygen atoms in total. The number of hydrogen-bond donors (Lipinski definition) is 1. The Balaban J connectivity index is 1.83. The van der Waals surface area contributed by atoms with Gasteiger partial charge in [0.05, 0.1) is 23.4 Å². The highest BCUT2D eigenvalue weighted by Gasteiger charge is 2.32. The van der Waals surface area contributed by atoms with Crippen LogP contribution in [0.25, 0.3) is 0 Å². The molecule has 0 saturated heterocycles. The third-order valence-corrected chi connectivity index (χ3v) is 6.07. The van der Waals surface area contributed by atoms with E-state index in [1.807, 2.05) is 19.9 Å². The fourth-order valence-electron chi connectivity index (χ4n) is 3.79. The Kier molecular flexibility index (Phi) is 8.40. The van der Waals surface area contributed by atoms with Gasteiger partial charge >= 0.3 is 18.0 Å². The lowest BCUT2D eigenvalue weighted by Gasteiger charge is -2.21. The summed E-state index contributed by atoms with van der Waals surface area (Å²) in [5.74, 6) is 0.0353. The van der Waals surface area contributed by atoms with Crippen molar-refractivity contribution in [2.24, 2.45) is 0 Å². The van der Waals surface area contributed by atoms with Crippen LogP contribution in [-0.2, 0) is 22.6 Å². The summed E-state index contributed by atoms with van der Waals surface area (Å²) in [5.41, 5.74) is 3.83. The molecule has 0 aromatic heterocycles. The summed E-state index contributed by atoms with van der Waals surface area (Å²) < 4.78 is 16.3. The summed E-state index contributed by atoms with van der Waals surface area (Å²) in [6.07, 6.45) is 2.96. The minimum atomic E-state index is -0.482. The SMILES string of the molecule is COc1c(C)c2c(c(NC(=O)N(C)C)c1C/C=C(\C)CCC(=O)Oc1ccccc1Cl)C(=O)OC2. The number of hydrogen-bond acceptors (Lipinski definition) is 6. The quantitative estimate of drug-likeness (QED) is 0.300. The van der Waals surface area contributed by atoms with Crippen LogP contribution in [0.3, 0.4) is 0 Å². The number of ether oxygens (including phenoxy) is 3. The average Bonchev–Trinajstić information content (AvgIpc) is 3.21. The van der Waals surface area contributed by atoms with Crippen molar-refractivity contribution in [1.82, 2.24) is 4.90 Å². The molecule has 0 unspecified atom stereocenters. The largest absolute Gasteiger partial charge is 0.496 e. The van der Waals surface area contributed by atoms with Gasteiger partial charge in [0.25, 0.3) is 0 Å². The normalized spacial score (nSPS) is 12.6. The monoisotopic (exact) mass is 500 g/mol. The molecule has 0 spiro atoms. The zero-order valence-electron chi connectivity index (χ0n) is 20.5. The Bertz CT molecular complexity index is 1190. The summed E-state index contributed by atoms with van der Waals surface area (Å²) in [6.45, 7) is 3.90. The second-order valence-corrected chi connectivity index (χ2v) is 8.83. The minimum absolute atomic E-state index is 0.129. The van der Waals surface area contributed by atoms with Gasteiger partial charge in [-0.25, -0.2) is 9.59 Å². The molecule has 0 bridgehead atoms. The zero-order valence-corrected chi connectivity index (χ0v) is 21.2. The molecule has 1 N–H and O–H groups in total. The van der Waals surface area contributed by atoms with Crippen LogP contribution in [0.15, 0.2) is 35.9 Å². The van der Waals surface area contributed by atoms with Crippen molar-refractivity contribution in [3.8, 4) is 11.5 Å². The van der Waals surface area contributed by atoms with E-state index in [0.717, 1.165) is 11.1 Å². The second-order valence-electron chi connectivity index (χ2n) is 8.43. The molecule has 0 aliphatic carbocycles. The summed E-state index contributed by atoms with van der Waals surface area (Å²) >= 11 is 6.04. The number of carbonyl (C=O) groups excluding carboxylic acids is 3. The first kappa shape index (κ1) is 26.1. The number of para-hydroxylation sites is 1. The number of nitrogens with one attached hydrogen (secondary N) is 1. The van der Waals surface area contributed by atoms with Gasteiger partial charge in [-0.1, -0.05) is 35.4 Å².